The minimum Gasteiger partial charge on any atom is -0.444 e. The number of rotatable bonds is 1. The van der Waals surface area contributed by atoms with Gasteiger partial charge in [0.05, 0.1) is 5.56 Å². The Bertz CT molecular complexity index is 557. The minimum absolute atomic E-state index is 0.262. The van der Waals surface area contributed by atoms with Crippen molar-refractivity contribution >= 4 is 11.9 Å². The van der Waals surface area contributed by atoms with Gasteiger partial charge in [-0.3, -0.25) is 0 Å². The Balaban J connectivity index is 1.97. The molecule has 1 fully saturated rings. The van der Waals surface area contributed by atoms with Crippen molar-refractivity contribution in [2.24, 2.45) is 0 Å². The lowest BCUT2D eigenvalue weighted by Crippen LogP contribution is -2.39. The van der Waals surface area contributed by atoms with Crippen molar-refractivity contribution in [1.29, 1.82) is 5.26 Å². The van der Waals surface area contributed by atoms with E-state index in [0.717, 1.165) is 18.8 Å². The van der Waals surface area contributed by atoms with Gasteiger partial charge in [0.25, 0.3) is 0 Å². The second-order valence-electron chi connectivity index (χ2n) is 6.32. The van der Waals surface area contributed by atoms with Gasteiger partial charge in [0.2, 0.25) is 0 Å². The number of anilines is 1. The second-order valence-corrected chi connectivity index (χ2v) is 6.32. The zero-order valence-corrected chi connectivity index (χ0v) is 13.4. The van der Waals surface area contributed by atoms with Crippen LogP contribution >= 0.6 is 0 Å². The molecule has 1 aliphatic rings. The Kier molecular flexibility index (Phi) is 4.86. The summed E-state index contributed by atoms with van der Waals surface area (Å²) in [6.45, 7) is 8.44. The second kappa shape index (κ2) is 6.65. The molecule has 1 amide bonds. The zero-order chi connectivity index (χ0) is 16.2. The lowest BCUT2D eigenvalue weighted by atomic mass is 10.2. The van der Waals surface area contributed by atoms with Crippen LogP contribution in [0.25, 0.3) is 0 Å². The first-order valence-corrected chi connectivity index (χ1v) is 7.48. The van der Waals surface area contributed by atoms with E-state index in [1.165, 1.54) is 0 Å². The van der Waals surface area contributed by atoms with Gasteiger partial charge in [-0.25, -0.2) is 9.78 Å². The highest BCUT2D eigenvalue weighted by molar-refractivity contribution is 5.68. The van der Waals surface area contributed by atoms with Crippen molar-refractivity contribution < 1.29 is 9.53 Å². The van der Waals surface area contributed by atoms with Crippen LogP contribution in [0.4, 0.5) is 10.6 Å². The van der Waals surface area contributed by atoms with E-state index in [2.05, 4.69) is 16.0 Å². The summed E-state index contributed by atoms with van der Waals surface area (Å²) >= 11 is 0. The van der Waals surface area contributed by atoms with Crippen molar-refractivity contribution in [3.05, 3.63) is 23.9 Å². The molecule has 0 aromatic carbocycles. The van der Waals surface area contributed by atoms with E-state index in [9.17, 15) is 4.79 Å². The molecule has 0 unspecified atom stereocenters. The third-order valence-electron chi connectivity index (χ3n) is 3.35. The van der Waals surface area contributed by atoms with Gasteiger partial charge in [-0.2, -0.15) is 5.26 Å². The Morgan fingerprint density at radius 3 is 2.64 bits per heavy atom. The van der Waals surface area contributed by atoms with Gasteiger partial charge in [0, 0.05) is 32.4 Å². The third kappa shape index (κ3) is 4.35. The molecule has 0 aliphatic carbocycles. The maximum absolute atomic E-state index is 12.1. The molecule has 2 rings (SSSR count). The summed E-state index contributed by atoms with van der Waals surface area (Å²) in [5, 5.41) is 8.81. The molecular weight excluding hydrogens is 280 g/mol. The van der Waals surface area contributed by atoms with Gasteiger partial charge in [0.1, 0.15) is 17.5 Å². The number of pyridine rings is 1. The highest BCUT2D eigenvalue weighted by atomic mass is 16.6. The van der Waals surface area contributed by atoms with Crippen molar-refractivity contribution in [2.75, 3.05) is 31.1 Å². The van der Waals surface area contributed by atoms with E-state index in [1.807, 2.05) is 26.8 Å². The Morgan fingerprint density at radius 2 is 2.05 bits per heavy atom. The van der Waals surface area contributed by atoms with Crippen LogP contribution in [0, 0.1) is 11.3 Å². The first-order chi connectivity index (χ1) is 10.4. The smallest absolute Gasteiger partial charge is 0.410 e. The summed E-state index contributed by atoms with van der Waals surface area (Å²) < 4.78 is 5.42. The molecule has 0 atom stereocenters. The molecule has 1 saturated heterocycles. The number of carbonyl (C=O) groups excluding carboxylic acids is 1. The lowest BCUT2D eigenvalue weighted by molar-refractivity contribution is 0.0263. The number of nitriles is 1. The number of nitrogens with zero attached hydrogens (tertiary/aromatic N) is 4. The average Bonchev–Trinajstić information content (AvgIpc) is 2.71. The Labute approximate surface area is 131 Å². The van der Waals surface area contributed by atoms with E-state index in [1.54, 1.807) is 17.2 Å². The SMILES string of the molecule is CC(C)(C)OC(=O)N1CCCN(c2ccc(C#N)cn2)CC1. The minimum atomic E-state index is -0.474. The topological polar surface area (TPSA) is 69.5 Å². The molecule has 0 bridgehead atoms. The van der Waals surface area contributed by atoms with E-state index in [-0.39, 0.29) is 6.09 Å². The van der Waals surface area contributed by atoms with Gasteiger partial charge in [-0.05, 0) is 39.3 Å². The van der Waals surface area contributed by atoms with Crippen LogP contribution in [-0.2, 0) is 4.74 Å². The molecular formula is C16H22N4O2. The first-order valence-electron chi connectivity index (χ1n) is 7.48. The van der Waals surface area contributed by atoms with Crippen LogP contribution in [0.15, 0.2) is 18.3 Å². The van der Waals surface area contributed by atoms with Crippen molar-refractivity contribution in [2.45, 2.75) is 32.8 Å². The normalized spacial score (nSPS) is 15.9. The summed E-state index contributed by atoms with van der Waals surface area (Å²) in [6, 6.07) is 5.67. The molecule has 0 saturated carbocycles. The predicted octanol–water partition coefficient (Wildman–Crippen LogP) is 2.40. The molecule has 118 valence electrons. The van der Waals surface area contributed by atoms with Crippen LogP contribution in [-0.4, -0.2) is 47.8 Å². The largest absolute Gasteiger partial charge is 0.444 e. The highest BCUT2D eigenvalue weighted by Crippen LogP contribution is 2.16. The highest BCUT2D eigenvalue weighted by Gasteiger charge is 2.24. The Morgan fingerprint density at radius 1 is 1.27 bits per heavy atom. The van der Waals surface area contributed by atoms with E-state index in [4.69, 9.17) is 10.00 Å². The van der Waals surface area contributed by atoms with E-state index >= 15 is 0 Å². The van der Waals surface area contributed by atoms with Gasteiger partial charge in [-0.1, -0.05) is 0 Å². The van der Waals surface area contributed by atoms with E-state index in [0.29, 0.717) is 25.2 Å². The van der Waals surface area contributed by atoms with E-state index < -0.39 is 5.60 Å². The third-order valence-corrected chi connectivity index (χ3v) is 3.35. The molecule has 1 aromatic rings. The first kappa shape index (κ1) is 16.1. The summed E-state index contributed by atoms with van der Waals surface area (Å²) in [5.74, 6) is 0.838. The number of hydrogen-bond donors (Lipinski definition) is 0. The Hall–Kier alpha value is -2.29. The van der Waals surface area contributed by atoms with Crippen molar-refractivity contribution in [3.63, 3.8) is 0 Å². The lowest BCUT2D eigenvalue weighted by Gasteiger charge is -2.26. The van der Waals surface area contributed by atoms with Gasteiger partial charge >= 0.3 is 6.09 Å². The molecule has 0 N–H and O–H groups in total. The molecule has 22 heavy (non-hydrogen) atoms. The molecule has 1 aromatic heterocycles. The number of hydrogen-bond acceptors (Lipinski definition) is 5. The number of carbonyl (C=O) groups is 1. The van der Waals surface area contributed by atoms with Crippen LogP contribution in [0.3, 0.4) is 0 Å². The fourth-order valence-electron chi connectivity index (χ4n) is 2.29. The molecule has 2 heterocycles. The zero-order valence-electron chi connectivity index (χ0n) is 13.4. The predicted molar refractivity (Wildman–Crippen MR) is 83.6 cm³/mol. The fourth-order valence-corrected chi connectivity index (χ4v) is 2.29. The monoisotopic (exact) mass is 302 g/mol. The van der Waals surface area contributed by atoms with Gasteiger partial charge < -0.3 is 14.5 Å². The number of amides is 1. The summed E-state index contributed by atoms with van der Waals surface area (Å²) in [7, 11) is 0. The average molecular weight is 302 g/mol. The maximum atomic E-state index is 12.1. The van der Waals surface area contributed by atoms with Crippen molar-refractivity contribution in [1.82, 2.24) is 9.88 Å². The summed E-state index contributed by atoms with van der Waals surface area (Å²) in [4.78, 5) is 20.3. The quantitative estimate of drug-likeness (QED) is 0.796. The molecule has 6 heteroatoms. The molecule has 1 aliphatic heterocycles. The van der Waals surface area contributed by atoms with Crippen molar-refractivity contribution in [3.8, 4) is 6.07 Å². The van der Waals surface area contributed by atoms with Crippen LogP contribution in [0.1, 0.15) is 32.8 Å². The fraction of sp³-hybridized carbons (Fsp3) is 0.562. The van der Waals surface area contributed by atoms with Crippen LogP contribution < -0.4 is 4.90 Å². The number of ether oxygens (including phenoxy) is 1. The summed E-state index contributed by atoms with van der Waals surface area (Å²) in [6.07, 6.45) is 2.18. The standard InChI is InChI=1S/C16H22N4O2/c1-16(2,3)22-15(21)20-8-4-7-19(9-10-20)14-6-5-13(11-17)12-18-14/h5-6,12H,4,7-10H2,1-3H3. The molecule has 6 nitrogen and oxygen atoms in total. The van der Waals surface area contributed by atoms with Gasteiger partial charge in [-0.15, -0.1) is 0 Å². The number of aromatic nitrogens is 1. The van der Waals surface area contributed by atoms with Crippen LogP contribution in [0.2, 0.25) is 0 Å². The molecule has 0 spiro atoms. The maximum Gasteiger partial charge on any atom is 0.410 e. The van der Waals surface area contributed by atoms with Gasteiger partial charge in [0.15, 0.2) is 0 Å². The molecule has 0 radical (unpaired) electrons. The van der Waals surface area contributed by atoms with Crippen LogP contribution in [0.5, 0.6) is 0 Å². The summed E-state index contributed by atoms with van der Waals surface area (Å²) in [5.41, 5.74) is 0.0755.